The van der Waals surface area contributed by atoms with Gasteiger partial charge in [-0.25, -0.2) is 0 Å². The third-order valence-corrected chi connectivity index (χ3v) is 1.98. The van der Waals surface area contributed by atoms with Crippen LogP contribution >= 0.6 is 0 Å². The molecule has 0 saturated carbocycles. The minimum Gasteiger partial charge on any atom is -0.508 e. The molecule has 0 unspecified atom stereocenters. The summed E-state index contributed by atoms with van der Waals surface area (Å²) in [5, 5.41) is 18.8. The Bertz CT molecular complexity index is 505. The summed E-state index contributed by atoms with van der Waals surface area (Å²) in [6, 6.07) is 12.3. The molecule has 0 radical (unpaired) electrons. The number of phenolic OH excluding ortho intramolecular Hbond substituents is 1. The monoisotopic (exact) mass is 247 g/mol. The first-order valence-corrected chi connectivity index (χ1v) is 5.03. The molecule has 0 bridgehead atoms. The van der Waals surface area contributed by atoms with Crippen LogP contribution in [0.4, 0.5) is 17.1 Å². The molecular weight excluding hydrogens is 234 g/mol. The average Bonchev–Trinajstić information content (AvgIpc) is 2.34. The molecule has 2 aromatic rings. The molecule has 94 valence electrons. The molecule has 2 rings (SSSR count). The number of aromatic hydroxyl groups is 1. The Morgan fingerprint density at radius 3 is 1.83 bits per heavy atom. The molecule has 0 aliphatic carbocycles. The molecule has 2 aromatic carbocycles. The van der Waals surface area contributed by atoms with Gasteiger partial charge in [-0.1, -0.05) is 6.07 Å². The van der Waals surface area contributed by atoms with Gasteiger partial charge in [-0.3, -0.25) is 10.1 Å². The number of nitrogens with two attached hydrogens (primary N) is 2. The zero-order valence-electron chi connectivity index (χ0n) is 9.48. The van der Waals surface area contributed by atoms with E-state index in [0.717, 1.165) is 17.4 Å². The first-order chi connectivity index (χ1) is 8.49. The molecule has 0 atom stereocenters. The lowest BCUT2D eigenvalue weighted by Gasteiger charge is -1.90. The second kappa shape index (κ2) is 6.09. The lowest BCUT2D eigenvalue weighted by molar-refractivity contribution is -0.384. The predicted octanol–water partition coefficient (Wildman–Crippen LogP) is 2.15. The van der Waals surface area contributed by atoms with Crippen LogP contribution in [0.15, 0.2) is 48.5 Å². The number of benzene rings is 2. The Morgan fingerprint density at radius 2 is 1.50 bits per heavy atom. The van der Waals surface area contributed by atoms with Gasteiger partial charge in [-0.15, -0.1) is 0 Å². The van der Waals surface area contributed by atoms with Crippen molar-refractivity contribution < 1.29 is 10.0 Å². The van der Waals surface area contributed by atoms with E-state index in [1.54, 1.807) is 24.3 Å². The number of rotatable bonds is 1. The third kappa shape index (κ3) is 4.40. The quantitative estimate of drug-likeness (QED) is 0.405. The number of nitro groups is 1. The van der Waals surface area contributed by atoms with Crippen molar-refractivity contribution in [3.8, 4) is 5.75 Å². The molecule has 5 N–H and O–H groups in total. The smallest absolute Gasteiger partial charge is 0.273 e. The Hall–Kier alpha value is -2.76. The van der Waals surface area contributed by atoms with Gasteiger partial charge in [-0.05, 0) is 30.3 Å². The summed E-state index contributed by atoms with van der Waals surface area (Å²) in [6.07, 6.45) is 0. The number of nitro benzene ring substituents is 1. The van der Waals surface area contributed by atoms with Crippen LogP contribution in [0, 0.1) is 10.1 Å². The summed E-state index contributed by atoms with van der Waals surface area (Å²) in [5.41, 5.74) is 12.1. The van der Waals surface area contributed by atoms with Crippen molar-refractivity contribution in [1.82, 2.24) is 0 Å². The second-order valence-corrected chi connectivity index (χ2v) is 3.44. The van der Waals surface area contributed by atoms with Gasteiger partial charge in [0.2, 0.25) is 0 Å². The van der Waals surface area contributed by atoms with Crippen LogP contribution in [0.3, 0.4) is 0 Å². The maximum Gasteiger partial charge on any atom is 0.273 e. The highest BCUT2D eigenvalue weighted by atomic mass is 16.6. The SMILES string of the molecule is Nc1ccc(N)cc1.O=[N+]([O-])c1cccc(O)c1. The average molecular weight is 247 g/mol. The van der Waals surface area contributed by atoms with Gasteiger partial charge in [-0.2, -0.15) is 0 Å². The predicted molar refractivity (Wildman–Crippen MR) is 70.0 cm³/mol. The van der Waals surface area contributed by atoms with E-state index in [-0.39, 0.29) is 11.4 Å². The largest absolute Gasteiger partial charge is 0.508 e. The summed E-state index contributed by atoms with van der Waals surface area (Å²) in [4.78, 5) is 9.49. The van der Waals surface area contributed by atoms with Crippen LogP contribution in [0.2, 0.25) is 0 Å². The van der Waals surface area contributed by atoms with Gasteiger partial charge in [0, 0.05) is 17.4 Å². The Morgan fingerprint density at radius 1 is 1.00 bits per heavy atom. The Kier molecular flexibility index (Phi) is 4.50. The molecule has 0 aliphatic heterocycles. The van der Waals surface area contributed by atoms with Crippen molar-refractivity contribution >= 4 is 17.1 Å². The maximum atomic E-state index is 10.0. The van der Waals surface area contributed by atoms with Crippen LogP contribution in [0.25, 0.3) is 0 Å². The van der Waals surface area contributed by atoms with Crippen LogP contribution in [0.1, 0.15) is 0 Å². The highest BCUT2D eigenvalue weighted by molar-refractivity contribution is 5.47. The molecule has 0 aromatic heterocycles. The van der Waals surface area contributed by atoms with E-state index < -0.39 is 4.92 Å². The molecule has 0 fully saturated rings. The molecule has 0 saturated heterocycles. The number of hydrogen-bond acceptors (Lipinski definition) is 5. The Labute approximate surface area is 104 Å². The molecule has 0 heterocycles. The Balaban J connectivity index is 0.000000184. The molecule has 18 heavy (non-hydrogen) atoms. The number of phenols is 1. The first kappa shape index (κ1) is 13.3. The van der Waals surface area contributed by atoms with Gasteiger partial charge in [0.05, 0.1) is 11.0 Å². The summed E-state index contributed by atoms with van der Waals surface area (Å²) in [7, 11) is 0. The van der Waals surface area contributed by atoms with Gasteiger partial charge in [0.1, 0.15) is 5.75 Å². The van der Waals surface area contributed by atoms with Crippen molar-refractivity contribution in [3.05, 3.63) is 58.6 Å². The number of nitrogens with zero attached hydrogens (tertiary/aromatic N) is 1. The second-order valence-electron chi connectivity index (χ2n) is 3.44. The van der Waals surface area contributed by atoms with Crippen molar-refractivity contribution in [1.29, 1.82) is 0 Å². The fourth-order valence-corrected chi connectivity index (χ4v) is 1.10. The van der Waals surface area contributed by atoms with E-state index in [4.69, 9.17) is 16.6 Å². The van der Waals surface area contributed by atoms with Crippen LogP contribution < -0.4 is 11.5 Å². The van der Waals surface area contributed by atoms with E-state index in [1.807, 2.05) is 0 Å². The number of hydrogen-bond donors (Lipinski definition) is 3. The zero-order valence-corrected chi connectivity index (χ0v) is 9.48. The minimum absolute atomic E-state index is 0.0887. The van der Waals surface area contributed by atoms with E-state index in [1.165, 1.54) is 18.2 Å². The molecule has 0 spiro atoms. The number of nitrogen functional groups attached to an aromatic ring is 2. The normalized spacial score (nSPS) is 9.11. The first-order valence-electron chi connectivity index (χ1n) is 5.03. The maximum absolute atomic E-state index is 10.0. The summed E-state index contributed by atoms with van der Waals surface area (Å²) >= 11 is 0. The van der Waals surface area contributed by atoms with Crippen molar-refractivity contribution in [2.75, 3.05) is 11.5 Å². The van der Waals surface area contributed by atoms with Gasteiger partial charge >= 0.3 is 0 Å². The number of anilines is 2. The minimum atomic E-state index is -0.556. The van der Waals surface area contributed by atoms with E-state index >= 15 is 0 Å². The number of non-ortho nitro benzene ring substituents is 1. The lowest BCUT2D eigenvalue weighted by atomic mass is 10.3. The molecular formula is C12H13N3O3. The summed E-state index contributed by atoms with van der Waals surface area (Å²) < 4.78 is 0. The summed E-state index contributed by atoms with van der Waals surface area (Å²) in [5.74, 6) is -0.0887. The fourth-order valence-electron chi connectivity index (χ4n) is 1.10. The van der Waals surface area contributed by atoms with Crippen molar-refractivity contribution in [3.63, 3.8) is 0 Å². The standard InChI is InChI=1S/C6H8N2.C6H5NO3/c7-5-1-2-6(8)4-3-5;8-6-3-1-2-5(4-6)7(9)10/h1-4H,7-8H2;1-4,8H. The molecule has 6 heteroatoms. The van der Waals surface area contributed by atoms with Crippen LogP contribution in [-0.4, -0.2) is 10.0 Å². The van der Waals surface area contributed by atoms with E-state index in [9.17, 15) is 10.1 Å². The van der Waals surface area contributed by atoms with Gasteiger partial charge in [0.15, 0.2) is 0 Å². The molecule has 6 nitrogen and oxygen atoms in total. The molecule has 0 amide bonds. The van der Waals surface area contributed by atoms with E-state index in [2.05, 4.69) is 0 Å². The lowest BCUT2D eigenvalue weighted by Crippen LogP contribution is -1.86. The third-order valence-electron chi connectivity index (χ3n) is 1.98. The van der Waals surface area contributed by atoms with Gasteiger partial charge < -0.3 is 16.6 Å². The van der Waals surface area contributed by atoms with Gasteiger partial charge in [0.25, 0.3) is 5.69 Å². The zero-order chi connectivity index (χ0) is 13.5. The van der Waals surface area contributed by atoms with Crippen molar-refractivity contribution in [2.45, 2.75) is 0 Å². The van der Waals surface area contributed by atoms with Crippen LogP contribution in [-0.2, 0) is 0 Å². The topological polar surface area (TPSA) is 115 Å². The molecule has 0 aliphatic rings. The van der Waals surface area contributed by atoms with E-state index in [0.29, 0.717) is 0 Å². The van der Waals surface area contributed by atoms with Crippen LogP contribution in [0.5, 0.6) is 5.75 Å². The summed E-state index contributed by atoms with van der Waals surface area (Å²) in [6.45, 7) is 0. The highest BCUT2D eigenvalue weighted by Gasteiger charge is 2.03. The highest BCUT2D eigenvalue weighted by Crippen LogP contribution is 2.16. The fraction of sp³-hybridized carbons (Fsp3) is 0. The van der Waals surface area contributed by atoms with Crippen molar-refractivity contribution in [2.24, 2.45) is 0 Å².